The third-order valence-electron chi connectivity index (χ3n) is 2.13. The topological polar surface area (TPSA) is 40.5 Å². The summed E-state index contributed by atoms with van der Waals surface area (Å²) in [5.41, 5.74) is 1.09. The normalized spacial score (nSPS) is 10.0. The van der Waals surface area contributed by atoms with Gasteiger partial charge in [0.15, 0.2) is 0 Å². The molecule has 0 aliphatic heterocycles. The number of anilines is 1. The van der Waals surface area contributed by atoms with Crippen LogP contribution in [0.3, 0.4) is 0 Å². The van der Waals surface area contributed by atoms with Gasteiger partial charge < -0.3 is 10.0 Å². The maximum absolute atomic E-state index is 10.3. The van der Waals surface area contributed by atoms with Gasteiger partial charge in [-0.05, 0) is 24.6 Å². The third-order valence-corrected chi connectivity index (χ3v) is 2.63. The Morgan fingerprint density at radius 2 is 2.27 bits per heavy atom. The van der Waals surface area contributed by atoms with E-state index in [0.717, 1.165) is 16.7 Å². The predicted molar refractivity (Wildman–Crippen MR) is 64.3 cm³/mol. The van der Waals surface area contributed by atoms with E-state index in [9.17, 15) is 4.79 Å². The fraction of sp³-hybridized carbons (Fsp3) is 0.364. The van der Waals surface area contributed by atoms with Gasteiger partial charge in [0.05, 0.1) is 0 Å². The lowest BCUT2D eigenvalue weighted by atomic mass is 10.2. The Bertz CT molecular complexity index is 341. The van der Waals surface area contributed by atoms with E-state index in [1.807, 2.05) is 36.2 Å². The molecule has 1 aromatic rings. The van der Waals surface area contributed by atoms with Crippen LogP contribution in [0.15, 0.2) is 28.7 Å². The lowest BCUT2D eigenvalue weighted by Gasteiger charge is -2.18. The second-order valence-electron chi connectivity index (χ2n) is 3.40. The fourth-order valence-corrected chi connectivity index (χ4v) is 1.70. The van der Waals surface area contributed by atoms with E-state index in [2.05, 4.69) is 15.9 Å². The van der Waals surface area contributed by atoms with Gasteiger partial charge in [-0.1, -0.05) is 22.0 Å². The highest BCUT2D eigenvalue weighted by molar-refractivity contribution is 9.10. The lowest BCUT2D eigenvalue weighted by Crippen LogP contribution is -2.19. The maximum atomic E-state index is 10.3. The van der Waals surface area contributed by atoms with Crippen LogP contribution in [0.2, 0.25) is 0 Å². The van der Waals surface area contributed by atoms with Crippen LogP contribution in [0.25, 0.3) is 0 Å². The van der Waals surface area contributed by atoms with Gasteiger partial charge in [0.2, 0.25) is 0 Å². The standard InChI is InChI=1S/C11H14BrNO2/c1-13(7-3-6-11(14)15)10-5-2-4-9(12)8-10/h2,4-5,8H,3,6-7H2,1H3,(H,14,15). The number of carbonyl (C=O) groups is 1. The summed E-state index contributed by atoms with van der Waals surface area (Å²) in [5, 5.41) is 8.52. The van der Waals surface area contributed by atoms with Crippen LogP contribution in [0.1, 0.15) is 12.8 Å². The molecule has 0 amide bonds. The number of carboxylic acids is 1. The minimum atomic E-state index is -0.738. The molecule has 0 bridgehead atoms. The largest absolute Gasteiger partial charge is 0.481 e. The first-order valence-corrected chi connectivity index (χ1v) is 5.57. The van der Waals surface area contributed by atoms with Crippen molar-refractivity contribution in [3.8, 4) is 0 Å². The Balaban J connectivity index is 2.46. The van der Waals surface area contributed by atoms with E-state index in [1.165, 1.54) is 0 Å². The highest BCUT2D eigenvalue weighted by atomic mass is 79.9. The number of carboxylic acid groups (broad SMARTS) is 1. The summed E-state index contributed by atoms with van der Waals surface area (Å²) in [6.07, 6.45) is 0.886. The van der Waals surface area contributed by atoms with Gasteiger partial charge in [0, 0.05) is 30.2 Å². The van der Waals surface area contributed by atoms with Crippen LogP contribution < -0.4 is 4.90 Å². The molecule has 3 nitrogen and oxygen atoms in total. The Labute approximate surface area is 97.8 Å². The summed E-state index contributed by atoms with van der Waals surface area (Å²) in [7, 11) is 1.96. The SMILES string of the molecule is CN(CCCC(=O)O)c1cccc(Br)c1. The average molecular weight is 272 g/mol. The van der Waals surface area contributed by atoms with Crippen LogP contribution in [-0.2, 0) is 4.79 Å². The van der Waals surface area contributed by atoms with Crippen LogP contribution >= 0.6 is 15.9 Å². The minimum Gasteiger partial charge on any atom is -0.481 e. The molecule has 15 heavy (non-hydrogen) atoms. The molecule has 82 valence electrons. The predicted octanol–water partition coefficient (Wildman–Crippen LogP) is 2.75. The molecule has 0 unspecified atom stereocenters. The number of hydrogen-bond donors (Lipinski definition) is 1. The Kier molecular flexibility index (Phi) is 4.62. The molecule has 0 radical (unpaired) electrons. The van der Waals surface area contributed by atoms with E-state index in [4.69, 9.17) is 5.11 Å². The first kappa shape index (κ1) is 12.0. The van der Waals surface area contributed by atoms with Crippen molar-refractivity contribution in [1.29, 1.82) is 0 Å². The van der Waals surface area contributed by atoms with Gasteiger partial charge in [-0.3, -0.25) is 4.79 Å². The van der Waals surface area contributed by atoms with Crippen molar-refractivity contribution in [3.63, 3.8) is 0 Å². The first-order chi connectivity index (χ1) is 7.09. The molecular formula is C11H14BrNO2. The molecule has 0 spiro atoms. The summed E-state index contributed by atoms with van der Waals surface area (Å²) in [4.78, 5) is 12.4. The molecule has 0 aromatic heterocycles. The fourth-order valence-electron chi connectivity index (χ4n) is 1.31. The number of halogens is 1. The van der Waals surface area contributed by atoms with Gasteiger partial charge in [-0.25, -0.2) is 0 Å². The molecular weight excluding hydrogens is 258 g/mol. The zero-order chi connectivity index (χ0) is 11.3. The number of hydrogen-bond acceptors (Lipinski definition) is 2. The molecule has 1 aromatic carbocycles. The van der Waals surface area contributed by atoms with Crippen LogP contribution in [0.5, 0.6) is 0 Å². The van der Waals surface area contributed by atoms with Crippen molar-refractivity contribution in [2.45, 2.75) is 12.8 Å². The van der Waals surface area contributed by atoms with Gasteiger partial charge in [0.1, 0.15) is 0 Å². The molecule has 1 rings (SSSR count). The molecule has 0 atom stereocenters. The first-order valence-electron chi connectivity index (χ1n) is 4.78. The summed E-state index contributed by atoms with van der Waals surface area (Å²) in [6.45, 7) is 0.753. The van der Waals surface area contributed by atoms with Crippen molar-refractivity contribution < 1.29 is 9.90 Å². The molecule has 0 heterocycles. The smallest absolute Gasteiger partial charge is 0.303 e. The van der Waals surface area contributed by atoms with Crippen molar-refractivity contribution in [2.24, 2.45) is 0 Å². The molecule has 0 saturated carbocycles. The molecule has 0 aliphatic carbocycles. The van der Waals surface area contributed by atoms with Gasteiger partial charge in [-0.15, -0.1) is 0 Å². The Hall–Kier alpha value is -1.03. The van der Waals surface area contributed by atoms with Crippen molar-refractivity contribution in [3.05, 3.63) is 28.7 Å². The summed E-state index contributed by atoms with van der Waals surface area (Å²) in [6, 6.07) is 7.95. The molecule has 0 fully saturated rings. The minimum absolute atomic E-state index is 0.221. The zero-order valence-electron chi connectivity index (χ0n) is 8.61. The van der Waals surface area contributed by atoms with Crippen LogP contribution in [-0.4, -0.2) is 24.7 Å². The Morgan fingerprint density at radius 1 is 1.53 bits per heavy atom. The third kappa shape index (κ3) is 4.34. The number of nitrogens with zero attached hydrogens (tertiary/aromatic N) is 1. The van der Waals surface area contributed by atoms with Crippen molar-refractivity contribution in [2.75, 3.05) is 18.5 Å². The van der Waals surface area contributed by atoms with E-state index < -0.39 is 5.97 Å². The second kappa shape index (κ2) is 5.75. The maximum Gasteiger partial charge on any atom is 0.303 e. The van der Waals surface area contributed by atoms with E-state index in [-0.39, 0.29) is 6.42 Å². The molecule has 1 N–H and O–H groups in total. The van der Waals surface area contributed by atoms with Crippen LogP contribution in [0, 0.1) is 0 Å². The summed E-state index contributed by atoms with van der Waals surface area (Å²) < 4.78 is 1.03. The summed E-state index contributed by atoms with van der Waals surface area (Å²) in [5.74, 6) is -0.738. The zero-order valence-corrected chi connectivity index (χ0v) is 10.2. The molecule has 0 saturated heterocycles. The lowest BCUT2D eigenvalue weighted by molar-refractivity contribution is -0.137. The average Bonchev–Trinajstić information content (AvgIpc) is 2.17. The van der Waals surface area contributed by atoms with Crippen LogP contribution in [0.4, 0.5) is 5.69 Å². The quantitative estimate of drug-likeness (QED) is 0.896. The highest BCUT2D eigenvalue weighted by Gasteiger charge is 2.02. The molecule has 4 heteroatoms. The molecule has 0 aliphatic rings. The highest BCUT2D eigenvalue weighted by Crippen LogP contribution is 2.18. The van der Waals surface area contributed by atoms with Gasteiger partial charge in [0.25, 0.3) is 0 Å². The number of benzene rings is 1. The monoisotopic (exact) mass is 271 g/mol. The Morgan fingerprint density at radius 3 is 2.87 bits per heavy atom. The van der Waals surface area contributed by atoms with E-state index in [1.54, 1.807) is 0 Å². The van der Waals surface area contributed by atoms with Gasteiger partial charge in [-0.2, -0.15) is 0 Å². The number of aliphatic carboxylic acids is 1. The van der Waals surface area contributed by atoms with E-state index >= 15 is 0 Å². The van der Waals surface area contributed by atoms with Gasteiger partial charge >= 0.3 is 5.97 Å². The number of rotatable bonds is 5. The second-order valence-corrected chi connectivity index (χ2v) is 4.31. The van der Waals surface area contributed by atoms with Crippen molar-refractivity contribution >= 4 is 27.6 Å². The summed E-state index contributed by atoms with van der Waals surface area (Å²) >= 11 is 3.40. The van der Waals surface area contributed by atoms with E-state index in [0.29, 0.717) is 6.42 Å². The van der Waals surface area contributed by atoms with Crippen molar-refractivity contribution in [1.82, 2.24) is 0 Å².